The number of nitrogens with two attached hydrogens (primary N) is 1. The van der Waals surface area contributed by atoms with Gasteiger partial charge in [-0.15, -0.1) is 6.58 Å². The molecule has 0 aromatic carbocycles. The van der Waals surface area contributed by atoms with Crippen LogP contribution in [0.2, 0.25) is 0 Å². The summed E-state index contributed by atoms with van der Waals surface area (Å²) in [5, 5.41) is -0.0949. The van der Waals surface area contributed by atoms with Crippen LogP contribution in [-0.2, 0) is 38.1 Å². The zero-order valence-electron chi connectivity index (χ0n) is 22.1. The molecule has 0 saturated heterocycles. The molecule has 11 heteroatoms. The number of halogens is 1. The predicted octanol–water partition coefficient (Wildman–Crippen LogP) is 4.27. The van der Waals surface area contributed by atoms with Gasteiger partial charge in [0, 0.05) is 17.4 Å². The number of hydrogen-bond acceptors (Lipinski definition) is 10. The standard InChI is InChI=1S/C5H8O2.C4H5ClO2.C4H8O2S.C4H6O2.C3H6.C2H6.CH5N/c1-4(2)5(6)7-3;1-3(5)4(6)7-2;1-6-4(5)2-3-7;1-3-4(5)6-2;1-3-2;2*1-2/h1H2,2-3H3;1H2,2H3;7H,2-3H2,1H3;3H,1H2,2H3;3H,1H2,2H3;1-2H3;2H2,1H3. The van der Waals surface area contributed by atoms with Crippen molar-refractivity contribution in [2.75, 3.05) is 41.2 Å². The normalized spacial score (nSPS) is 6.82. The summed E-state index contributed by atoms with van der Waals surface area (Å²) in [6.45, 7) is 20.5. The number of thiol groups is 1. The lowest BCUT2D eigenvalue weighted by Gasteiger charge is -1.91. The van der Waals surface area contributed by atoms with E-state index in [0.717, 1.165) is 6.08 Å². The molecule has 0 aromatic rings. The van der Waals surface area contributed by atoms with Gasteiger partial charge in [0.25, 0.3) is 0 Å². The van der Waals surface area contributed by atoms with E-state index in [-0.39, 0.29) is 17.0 Å². The summed E-state index contributed by atoms with van der Waals surface area (Å²) in [5.74, 6) is -0.959. The zero-order chi connectivity index (χ0) is 29.1. The van der Waals surface area contributed by atoms with Crippen molar-refractivity contribution in [3.63, 3.8) is 0 Å². The summed E-state index contributed by atoms with van der Waals surface area (Å²) >= 11 is 8.87. The maximum Gasteiger partial charge on any atom is 0.348 e. The molecule has 0 radical (unpaired) electrons. The van der Waals surface area contributed by atoms with Crippen LogP contribution in [0.15, 0.2) is 49.1 Å². The molecule has 0 atom stereocenters. The molecule has 0 unspecified atom stereocenters. The van der Waals surface area contributed by atoms with Gasteiger partial charge in [-0.1, -0.05) is 51.3 Å². The van der Waals surface area contributed by atoms with E-state index in [1.807, 2.05) is 20.8 Å². The summed E-state index contributed by atoms with van der Waals surface area (Å²) in [6, 6.07) is 0. The van der Waals surface area contributed by atoms with E-state index in [4.69, 9.17) is 11.6 Å². The molecule has 0 amide bonds. The Morgan fingerprint density at radius 1 is 0.882 bits per heavy atom. The van der Waals surface area contributed by atoms with Gasteiger partial charge in [0.1, 0.15) is 5.03 Å². The maximum absolute atomic E-state index is 10.2. The number of rotatable bonds is 5. The lowest BCUT2D eigenvalue weighted by molar-refractivity contribution is -0.140. The second-order valence-corrected chi connectivity index (χ2v) is 5.26. The quantitative estimate of drug-likeness (QED) is 0.176. The van der Waals surface area contributed by atoms with E-state index in [2.05, 4.69) is 63.6 Å². The summed E-state index contributed by atoms with van der Waals surface area (Å²) in [5.41, 5.74) is 4.93. The van der Waals surface area contributed by atoms with Crippen LogP contribution in [0, 0.1) is 0 Å². The van der Waals surface area contributed by atoms with Crippen LogP contribution in [0.25, 0.3) is 0 Å². The van der Waals surface area contributed by atoms with Gasteiger partial charge < -0.3 is 24.7 Å². The predicted molar refractivity (Wildman–Crippen MR) is 144 cm³/mol. The molecule has 202 valence electrons. The molecule has 9 nitrogen and oxygen atoms in total. The summed E-state index contributed by atoms with van der Waals surface area (Å²) in [6.07, 6.45) is 3.26. The second-order valence-electron chi connectivity index (χ2n) is 4.35. The van der Waals surface area contributed by atoms with Gasteiger partial charge in [-0.05, 0) is 20.9 Å². The van der Waals surface area contributed by atoms with Crippen LogP contribution in [-0.4, -0.2) is 65.1 Å². The van der Waals surface area contributed by atoms with Crippen molar-refractivity contribution < 1.29 is 38.1 Å². The van der Waals surface area contributed by atoms with E-state index in [0.29, 0.717) is 17.7 Å². The van der Waals surface area contributed by atoms with Gasteiger partial charge in [0.15, 0.2) is 0 Å². The van der Waals surface area contributed by atoms with Gasteiger partial charge >= 0.3 is 23.9 Å². The Balaban J connectivity index is -0.0000000525. The van der Waals surface area contributed by atoms with E-state index >= 15 is 0 Å². The third-order valence-corrected chi connectivity index (χ3v) is 2.23. The summed E-state index contributed by atoms with van der Waals surface area (Å²) < 4.78 is 16.9. The third-order valence-electron chi connectivity index (χ3n) is 1.85. The number of ether oxygens (including phenoxy) is 4. The number of methoxy groups -OCH3 is 4. The average Bonchev–Trinajstić information content (AvgIpc) is 2.86. The molecular formula is C23H44ClNO8S. The molecule has 0 heterocycles. The molecule has 0 fully saturated rings. The fourth-order valence-corrected chi connectivity index (χ4v) is 0.821. The maximum atomic E-state index is 10.2. The highest BCUT2D eigenvalue weighted by Gasteiger charge is 1.98. The van der Waals surface area contributed by atoms with Gasteiger partial charge in [0.05, 0.1) is 34.9 Å². The van der Waals surface area contributed by atoms with Crippen LogP contribution in [0.5, 0.6) is 0 Å². The molecule has 0 saturated carbocycles. The van der Waals surface area contributed by atoms with Crippen molar-refractivity contribution in [3.8, 4) is 0 Å². The van der Waals surface area contributed by atoms with Crippen molar-refractivity contribution in [1.82, 2.24) is 0 Å². The first kappa shape index (κ1) is 48.8. The largest absolute Gasteiger partial charge is 0.469 e. The Hall–Kier alpha value is -2.56. The SMILES string of the molecule is C=C(C)C(=O)OC.C=C(Cl)C(=O)OC.C=CC.C=CC(=O)OC.CC.CN.COC(=O)CCS. The molecule has 0 aliphatic carbocycles. The first-order chi connectivity index (χ1) is 15.9. The molecule has 34 heavy (non-hydrogen) atoms. The first-order valence-corrected chi connectivity index (χ1v) is 10.6. The van der Waals surface area contributed by atoms with Crippen molar-refractivity contribution in [1.29, 1.82) is 0 Å². The van der Waals surface area contributed by atoms with Crippen molar-refractivity contribution in [2.45, 2.75) is 34.1 Å². The van der Waals surface area contributed by atoms with Crippen LogP contribution in [0.4, 0.5) is 0 Å². The molecule has 0 aliphatic rings. The Morgan fingerprint density at radius 3 is 1.26 bits per heavy atom. The average molecular weight is 530 g/mol. The summed E-state index contributed by atoms with van der Waals surface area (Å²) in [7, 11) is 6.75. The third kappa shape index (κ3) is 70.0. The monoisotopic (exact) mass is 529 g/mol. The van der Waals surface area contributed by atoms with Crippen molar-refractivity contribution >= 4 is 48.1 Å². The van der Waals surface area contributed by atoms with Crippen LogP contribution in [0.3, 0.4) is 0 Å². The molecule has 2 N–H and O–H groups in total. The van der Waals surface area contributed by atoms with Gasteiger partial charge in [0.2, 0.25) is 0 Å². The fourth-order valence-electron chi connectivity index (χ4n) is 0.562. The molecule has 0 aromatic heterocycles. The Kier molecular flexibility index (Phi) is 68.9. The van der Waals surface area contributed by atoms with E-state index in [1.165, 1.54) is 35.5 Å². The Labute approximate surface area is 216 Å². The second kappa shape index (κ2) is 48.0. The van der Waals surface area contributed by atoms with Crippen molar-refractivity contribution in [2.24, 2.45) is 5.73 Å². The van der Waals surface area contributed by atoms with Crippen LogP contribution in [0.1, 0.15) is 34.1 Å². The first-order valence-electron chi connectivity index (χ1n) is 9.59. The molecule has 0 bridgehead atoms. The zero-order valence-corrected chi connectivity index (χ0v) is 23.7. The topological polar surface area (TPSA) is 131 Å². The van der Waals surface area contributed by atoms with Gasteiger partial charge in [-0.25, -0.2) is 14.4 Å². The minimum atomic E-state index is -0.582. The van der Waals surface area contributed by atoms with Crippen LogP contribution >= 0.6 is 24.2 Å². The minimum Gasteiger partial charge on any atom is -0.469 e. The van der Waals surface area contributed by atoms with E-state index in [9.17, 15) is 19.2 Å². The number of hydrogen-bond donors (Lipinski definition) is 2. The number of allylic oxidation sites excluding steroid dienone is 1. The summed E-state index contributed by atoms with van der Waals surface area (Å²) in [4.78, 5) is 40.2. The fraction of sp³-hybridized carbons (Fsp3) is 0.478. The van der Waals surface area contributed by atoms with E-state index in [1.54, 1.807) is 13.0 Å². The minimum absolute atomic E-state index is 0.0949. The Morgan fingerprint density at radius 2 is 1.24 bits per heavy atom. The van der Waals surface area contributed by atoms with E-state index < -0.39 is 11.9 Å². The van der Waals surface area contributed by atoms with Crippen LogP contribution < -0.4 is 5.73 Å². The van der Waals surface area contributed by atoms with Gasteiger partial charge in [-0.2, -0.15) is 12.6 Å². The molecule has 0 aliphatic heterocycles. The smallest absolute Gasteiger partial charge is 0.348 e. The van der Waals surface area contributed by atoms with Crippen molar-refractivity contribution in [3.05, 3.63) is 49.1 Å². The number of esters is 4. The molecule has 0 rings (SSSR count). The number of carbonyl (C=O) groups is 4. The highest BCUT2D eigenvalue weighted by Crippen LogP contribution is 1.96. The van der Waals surface area contributed by atoms with Gasteiger partial charge in [-0.3, -0.25) is 4.79 Å². The highest BCUT2D eigenvalue weighted by atomic mass is 35.5. The number of carbonyl (C=O) groups excluding carboxylic acids is 4. The Bertz CT molecular complexity index is 527. The lowest BCUT2D eigenvalue weighted by atomic mass is 10.4. The lowest BCUT2D eigenvalue weighted by Crippen LogP contribution is -1.99. The highest BCUT2D eigenvalue weighted by molar-refractivity contribution is 7.80. The molecular weight excluding hydrogens is 486 g/mol. The molecule has 0 spiro atoms.